The van der Waals surface area contributed by atoms with Crippen LogP contribution < -0.4 is 9.47 Å². The Hall–Kier alpha value is -3.13. The highest BCUT2D eigenvalue weighted by atomic mass is 35.5. The van der Waals surface area contributed by atoms with Crippen LogP contribution in [-0.2, 0) is 0 Å². The molecule has 0 fully saturated rings. The van der Waals surface area contributed by atoms with E-state index in [-0.39, 0.29) is 22.4 Å². The maximum atomic E-state index is 11.0. The smallest absolute Gasteiger partial charge is 0.288 e. The Bertz CT molecular complexity index is 941. The maximum absolute atomic E-state index is 11.0. The van der Waals surface area contributed by atoms with Crippen molar-refractivity contribution in [2.75, 3.05) is 14.2 Å². The summed E-state index contributed by atoms with van der Waals surface area (Å²) in [6.45, 7) is 0. The molecule has 0 radical (unpaired) electrons. The molecule has 0 N–H and O–H groups in total. The van der Waals surface area contributed by atoms with E-state index in [1.54, 1.807) is 31.4 Å². The monoisotopic (exact) mass is 361 g/mol. The molecule has 25 heavy (non-hydrogen) atoms. The molecule has 1 aromatic heterocycles. The van der Waals surface area contributed by atoms with Gasteiger partial charge in [0.1, 0.15) is 16.5 Å². The zero-order valence-electron chi connectivity index (χ0n) is 13.2. The van der Waals surface area contributed by atoms with Crippen LogP contribution in [0.25, 0.3) is 22.8 Å². The maximum Gasteiger partial charge on any atom is 0.288 e. The third kappa shape index (κ3) is 3.24. The van der Waals surface area contributed by atoms with Crippen LogP contribution in [0.15, 0.2) is 40.9 Å². The minimum atomic E-state index is -0.575. The van der Waals surface area contributed by atoms with Crippen molar-refractivity contribution in [1.82, 2.24) is 10.1 Å². The largest absolute Gasteiger partial charge is 0.497 e. The first kappa shape index (κ1) is 16.7. The summed E-state index contributed by atoms with van der Waals surface area (Å²) < 4.78 is 15.7. The molecular weight excluding hydrogens is 350 g/mol. The molecule has 0 atom stereocenters. The van der Waals surface area contributed by atoms with Gasteiger partial charge in [0, 0.05) is 11.6 Å². The molecule has 2 aromatic carbocycles. The van der Waals surface area contributed by atoms with E-state index >= 15 is 0 Å². The number of rotatable bonds is 5. The van der Waals surface area contributed by atoms with Crippen molar-refractivity contribution < 1.29 is 18.9 Å². The van der Waals surface area contributed by atoms with Crippen LogP contribution in [0, 0.1) is 10.1 Å². The van der Waals surface area contributed by atoms with Gasteiger partial charge in [0.2, 0.25) is 5.82 Å². The molecule has 0 aliphatic rings. The van der Waals surface area contributed by atoms with Gasteiger partial charge >= 0.3 is 0 Å². The third-order valence-corrected chi connectivity index (χ3v) is 3.78. The fourth-order valence-corrected chi connectivity index (χ4v) is 2.41. The number of hydrogen-bond acceptors (Lipinski definition) is 7. The second kappa shape index (κ2) is 6.78. The fraction of sp³-hybridized carbons (Fsp3) is 0.125. The average molecular weight is 362 g/mol. The molecule has 0 bridgehead atoms. The van der Waals surface area contributed by atoms with Gasteiger partial charge in [0.05, 0.1) is 24.7 Å². The molecule has 0 aliphatic carbocycles. The highest BCUT2D eigenvalue weighted by Gasteiger charge is 2.19. The van der Waals surface area contributed by atoms with Crippen LogP contribution >= 0.6 is 11.6 Å². The Morgan fingerprint density at radius 3 is 2.64 bits per heavy atom. The van der Waals surface area contributed by atoms with Crippen LogP contribution in [0.2, 0.25) is 5.02 Å². The van der Waals surface area contributed by atoms with Crippen LogP contribution in [0.1, 0.15) is 0 Å². The number of hydrogen-bond donors (Lipinski definition) is 0. The summed E-state index contributed by atoms with van der Waals surface area (Å²) in [5.41, 5.74) is 0.718. The van der Waals surface area contributed by atoms with E-state index in [2.05, 4.69) is 10.1 Å². The zero-order chi connectivity index (χ0) is 18.0. The quantitative estimate of drug-likeness (QED) is 0.500. The van der Waals surface area contributed by atoms with Crippen molar-refractivity contribution in [3.8, 4) is 34.3 Å². The molecule has 0 spiro atoms. The first-order valence-electron chi connectivity index (χ1n) is 7.04. The summed E-state index contributed by atoms with van der Waals surface area (Å²) in [6, 6.07) is 9.42. The molecule has 0 aliphatic heterocycles. The van der Waals surface area contributed by atoms with Gasteiger partial charge in [-0.15, -0.1) is 0 Å². The van der Waals surface area contributed by atoms with Gasteiger partial charge in [-0.05, 0) is 30.3 Å². The van der Waals surface area contributed by atoms with Crippen LogP contribution in [0.4, 0.5) is 5.69 Å². The lowest BCUT2D eigenvalue weighted by Gasteiger charge is -2.07. The average Bonchev–Trinajstić information content (AvgIpc) is 3.11. The standard InChI is InChI=1S/C16H12ClN3O5/c1-23-10-4-6-14(24-2)11(8-10)15-18-16(25-19-15)9-3-5-12(17)13(7-9)20(21)22/h3-8H,1-2H3. The third-order valence-electron chi connectivity index (χ3n) is 3.46. The van der Waals surface area contributed by atoms with Crippen LogP contribution in [0.3, 0.4) is 0 Å². The highest BCUT2D eigenvalue weighted by Crippen LogP contribution is 2.34. The van der Waals surface area contributed by atoms with E-state index in [4.69, 9.17) is 25.6 Å². The number of nitrogens with zero attached hydrogens (tertiary/aromatic N) is 3. The van der Waals surface area contributed by atoms with E-state index in [1.807, 2.05) is 0 Å². The van der Waals surface area contributed by atoms with Crippen LogP contribution in [-0.4, -0.2) is 29.3 Å². The lowest BCUT2D eigenvalue weighted by Crippen LogP contribution is -1.92. The minimum Gasteiger partial charge on any atom is -0.497 e. The molecule has 1 heterocycles. The van der Waals surface area contributed by atoms with E-state index in [1.165, 1.54) is 19.2 Å². The van der Waals surface area contributed by atoms with Gasteiger partial charge in [0.25, 0.3) is 11.6 Å². The van der Waals surface area contributed by atoms with Gasteiger partial charge in [-0.2, -0.15) is 4.98 Å². The number of nitro groups is 1. The van der Waals surface area contributed by atoms with Crippen molar-refractivity contribution in [2.45, 2.75) is 0 Å². The molecule has 3 aromatic rings. The van der Waals surface area contributed by atoms with Crippen molar-refractivity contribution in [2.24, 2.45) is 0 Å². The Morgan fingerprint density at radius 1 is 1.16 bits per heavy atom. The summed E-state index contributed by atoms with van der Waals surface area (Å²) in [5, 5.41) is 15.0. The van der Waals surface area contributed by atoms with Gasteiger partial charge in [-0.3, -0.25) is 10.1 Å². The summed E-state index contributed by atoms with van der Waals surface area (Å²) in [6.07, 6.45) is 0. The van der Waals surface area contributed by atoms with Crippen molar-refractivity contribution in [3.05, 3.63) is 51.5 Å². The Labute approximate surface area is 147 Å². The Kier molecular flexibility index (Phi) is 4.53. The molecule has 0 saturated heterocycles. The topological polar surface area (TPSA) is 101 Å². The molecule has 0 unspecified atom stereocenters. The molecule has 9 heteroatoms. The summed E-state index contributed by atoms with van der Waals surface area (Å²) in [4.78, 5) is 14.7. The molecule has 3 rings (SSSR count). The summed E-state index contributed by atoms with van der Waals surface area (Å²) in [5.74, 6) is 1.53. The van der Waals surface area contributed by atoms with Gasteiger partial charge in [-0.25, -0.2) is 0 Å². The normalized spacial score (nSPS) is 10.5. The van der Waals surface area contributed by atoms with Gasteiger partial charge in [0.15, 0.2) is 0 Å². The molecule has 0 saturated carbocycles. The van der Waals surface area contributed by atoms with Gasteiger partial charge in [-0.1, -0.05) is 16.8 Å². The Balaban J connectivity index is 2.04. The predicted molar refractivity (Wildman–Crippen MR) is 89.9 cm³/mol. The highest BCUT2D eigenvalue weighted by molar-refractivity contribution is 6.32. The zero-order valence-corrected chi connectivity index (χ0v) is 14.0. The number of nitro benzene ring substituents is 1. The van der Waals surface area contributed by atoms with E-state index in [9.17, 15) is 10.1 Å². The minimum absolute atomic E-state index is 0.0305. The molecule has 8 nitrogen and oxygen atoms in total. The van der Waals surface area contributed by atoms with Crippen LogP contribution in [0.5, 0.6) is 11.5 Å². The summed E-state index contributed by atoms with van der Waals surface area (Å²) in [7, 11) is 3.06. The Morgan fingerprint density at radius 2 is 1.96 bits per heavy atom. The number of methoxy groups -OCH3 is 2. The number of benzene rings is 2. The molecular formula is C16H12ClN3O5. The number of halogens is 1. The van der Waals surface area contributed by atoms with Crippen molar-refractivity contribution >= 4 is 17.3 Å². The van der Waals surface area contributed by atoms with Crippen molar-refractivity contribution in [1.29, 1.82) is 0 Å². The number of ether oxygens (including phenoxy) is 2. The second-order valence-electron chi connectivity index (χ2n) is 4.91. The van der Waals surface area contributed by atoms with E-state index in [0.717, 1.165) is 0 Å². The SMILES string of the molecule is COc1ccc(OC)c(-c2noc(-c3ccc(Cl)c([N+](=O)[O-])c3)n2)c1. The lowest BCUT2D eigenvalue weighted by atomic mass is 10.1. The first-order chi connectivity index (χ1) is 12.0. The van der Waals surface area contributed by atoms with E-state index in [0.29, 0.717) is 22.6 Å². The summed E-state index contributed by atoms with van der Waals surface area (Å²) >= 11 is 5.81. The lowest BCUT2D eigenvalue weighted by molar-refractivity contribution is -0.384. The predicted octanol–water partition coefficient (Wildman–Crippen LogP) is 3.98. The second-order valence-corrected chi connectivity index (χ2v) is 5.32. The number of aromatic nitrogens is 2. The first-order valence-corrected chi connectivity index (χ1v) is 7.41. The van der Waals surface area contributed by atoms with E-state index < -0.39 is 4.92 Å². The fourth-order valence-electron chi connectivity index (χ4n) is 2.22. The van der Waals surface area contributed by atoms with Crippen molar-refractivity contribution in [3.63, 3.8) is 0 Å². The molecule has 128 valence electrons. The molecule has 0 amide bonds. The van der Waals surface area contributed by atoms with Gasteiger partial charge < -0.3 is 14.0 Å².